The first-order valence-electron chi connectivity index (χ1n) is 7.11. The van der Waals surface area contributed by atoms with Crippen molar-refractivity contribution < 1.29 is 12.8 Å². The molecule has 0 atom stereocenters. The highest BCUT2D eigenvalue weighted by Gasteiger charge is 2.32. The van der Waals surface area contributed by atoms with Crippen LogP contribution in [-0.2, 0) is 16.6 Å². The Hall–Kier alpha value is -0.890. The zero-order valence-electron chi connectivity index (χ0n) is 11.5. The van der Waals surface area contributed by atoms with Crippen LogP contribution in [0.5, 0.6) is 0 Å². The quantitative estimate of drug-likeness (QED) is 0.854. The summed E-state index contributed by atoms with van der Waals surface area (Å²) in [4.78, 5) is 2.36. The lowest BCUT2D eigenvalue weighted by molar-refractivity contribution is 0.180. The van der Waals surface area contributed by atoms with E-state index in [-0.39, 0.29) is 11.6 Å². The molecule has 1 aliphatic heterocycles. The van der Waals surface area contributed by atoms with Gasteiger partial charge in [-0.3, -0.25) is 0 Å². The fraction of sp³-hybridized carbons (Fsp3) is 0.692. The van der Waals surface area contributed by atoms with Gasteiger partial charge in [-0.25, -0.2) is 8.42 Å². The molecule has 2 aliphatic rings. The maximum atomic E-state index is 12.4. The van der Waals surface area contributed by atoms with E-state index in [1.807, 2.05) is 0 Å². The Morgan fingerprint density at radius 2 is 1.90 bits per heavy atom. The summed E-state index contributed by atoms with van der Waals surface area (Å²) in [6.07, 6.45) is 2.65. The normalized spacial score (nSPS) is 22.2. The second-order valence-corrected chi connectivity index (χ2v) is 7.44. The number of nitrogens with two attached hydrogens (primary N) is 1. The lowest BCUT2D eigenvalue weighted by Crippen LogP contribution is -2.48. The average Bonchev–Trinajstić information content (AvgIpc) is 3.12. The molecule has 0 bridgehead atoms. The van der Waals surface area contributed by atoms with Crippen LogP contribution < -0.4 is 5.73 Å². The molecule has 1 saturated heterocycles. The van der Waals surface area contributed by atoms with Crippen molar-refractivity contribution in [1.82, 2.24) is 9.21 Å². The molecule has 0 radical (unpaired) electrons. The standard InChI is InChI=1S/C13H21N3O3S/c14-9-12-3-4-13(19-12)20(17,18)16-7-5-15(6-8-16)10-11-1-2-11/h3-4,11H,1-2,5-10,14H2. The molecule has 20 heavy (non-hydrogen) atoms. The molecule has 2 fully saturated rings. The fourth-order valence-corrected chi connectivity index (χ4v) is 3.90. The topological polar surface area (TPSA) is 79.8 Å². The van der Waals surface area contributed by atoms with Crippen molar-refractivity contribution >= 4 is 10.0 Å². The molecule has 0 spiro atoms. The van der Waals surface area contributed by atoms with Crippen LogP contribution in [-0.4, -0.2) is 50.3 Å². The summed E-state index contributed by atoms with van der Waals surface area (Å²) in [6.45, 7) is 4.01. The summed E-state index contributed by atoms with van der Waals surface area (Å²) in [5.41, 5.74) is 5.45. The molecule has 0 aromatic carbocycles. The van der Waals surface area contributed by atoms with Crippen molar-refractivity contribution in [2.24, 2.45) is 11.7 Å². The predicted molar refractivity (Wildman–Crippen MR) is 74.5 cm³/mol. The van der Waals surface area contributed by atoms with E-state index in [9.17, 15) is 8.42 Å². The van der Waals surface area contributed by atoms with Gasteiger partial charge in [0.15, 0.2) is 0 Å². The third-order valence-corrected chi connectivity index (χ3v) is 5.75. The van der Waals surface area contributed by atoms with E-state index in [1.165, 1.54) is 23.2 Å². The van der Waals surface area contributed by atoms with Crippen LogP contribution in [0.4, 0.5) is 0 Å². The van der Waals surface area contributed by atoms with Crippen LogP contribution in [0.15, 0.2) is 21.6 Å². The molecule has 0 amide bonds. The van der Waals surface area contributed by atoms with E-state index < -0.39 is 10.0 Å². The van der Waals surface area contributed by atoms with Gasteiger partial charge in [-0.2, -0.15) is 4.31 Å². The second-order valence-electron chi connectivity index (χ2n) is 5.57. The minimum absolute atomic E-state index is 0.00796. The van der Waals surface area contributed by atoms with Gasteiger partial charge in [0.2, 0.25) is 5.09 Å². The summed E-state index contributed by atoms with van der Waals surface area (Å²) in [6, 6.07) is 3.12. The van der Waals surface area contributed by atoms with Gasteiger partial charge in [0.1, 0.15) is 5.76 Å². The van der Waals surface area contributed by atoms with E-state index in [0.717, 1.165) is 25.6 Å². The van der Waals surface area contributed by atoms with Gasteiger partial charge in [-0.15, -0.1) is 0 Å². The third-order valence-electron chi connectivity index (χ3n) is 3.98. The number of piperazine rings is 1. The number of sulfonamides is 1. The number of nitrogens with zero attached hydrogens (tertiary/aromatic N) is 2. The zero-order chi connectivity index (χ0) is 14.2. The maximum Gasteiger partial charge on any atom is 0.276 e. The lowest BCUT2D eigenvalue weighted by Gasteiger charge is -2.33. The van der Waals surface area contributed by atoms with E-state index in [1.54, 1.807) is 6.07 Å². The summed E-state index contributed by atoms with van der Waals surface area (Å²) in [7, 11) is -3.50. The molecule has 0 unspecified atom stereocenters. The number of furan rings is 1. The molecule has 6 nitrogen and oxygen atoms in total. The van der Waals surface area contributed by atoms with Crippen molar-refractivity contribution in [1.29, 1.82) is 0 Å². The van der Waals surface area contributed by atoms with Gasteiger partial charge in [0, 0.05) is 32.7 Å². The van der Waals surface area contributed by atoms with Crippen LogP contribution in [0, 0.1) is 5.92 Å². The second kappa shape index (κ2) is 5.48. The Labute approximate surface area is 119 Å². The molecule has 112 valence electrons. The van der Waals surface area contributed by atoms with E-state index in [2.05, 4.69) is 4.90 Å². The van der Waals surface area contributed by atoms with Crippen molar-refractivity contribution in [3.05, 3.63) is 17.9 Å². The van der Waals surface area contributed by atoms with Gasteiger partial charge < -0.3 is 15.1 Å². The third kappa shape index (κ3) is 2.90. The number of hydrogen-bond acceptors (Lipinski definition) is 5. The van der Waals surface area contributed by atoms with Crippen molar-refractivity contribution in [2.75, 3.05) is 32.7 Å². The molecule has 1 saturated carbocycles. The Kier molecular flexibility index (Phi) is 3.85. The molecule has 1 aromatic heterocycles. The molecule has 1 aromatic rings. The predicted octanol–water partition coefficient (Wildman–Crippen LogP) is 0.455. The minimum Gasteiger partial charge on any atom is -0.447 e. The molecule has 7 heteroatoms. The van der Waals surface area contributed by atoms with Crippen LogP contribution in [0.3, 0.4) is 0 Å². The first-order valence-corrected chi connectivity index (χ1v) is 8.55. The number of hydrogen-bond donors (Lipinski definition) is 1. The van der Waals surface area contributed by atoms with Crippen LogP contribution in [0.25, 0.3) is 0 Å². The minimum atomic E-state index is -3.50. The highest BCUT2D eigenvalue weighted by Crippen LogP contribution is 2.30. The number of rotatable bonds is 5. The molecule has 1 aliphatic carbocycles. The molecular weight excluding hydrogens is 278 g/mol. The van der Waals surface area contributed by atoms with Crippen molar-refractivity contribution in [2.45, 2.75) is 24.5 Å². The Morgan fingerprint density at radius 3 is 2.45 bits per heavy atom. The molecular formula is C13H21N3O3S. The largest absolute Gasteiger partial charge is 0.447 e. The van der Waals surface area contributed by atoms with Crippen molar-refractivity contribution in [3.8, 4) is 0 Å². The zero-order valence-corrected chi connectivity index (χ0v) is 12.3. The van der Waals surface area contributed by atoms with Crippen LogP contribution in [0.2, 0.25) is 0 Å². The Bertz CT molecular complexity index is 557. The molecule has 3 rings (SSSR count). The summed E-state index contributed by atoms with van der Waals surface area (Å²) in [5, 5.41) is 0.00796. The Morgan fingerprint density at radius 1 is 1.20 bits per heavy atom. The molecule has 2 heterocycles. The molecule has 2 N–H and O–H groups in total. The highest BCUT2D eigenvalue weighted by molar-refractivity contribution is 7.89. The monoisotopic (exact) mass is 299 g/mol. The maximum absolute atomic E-state index is 12.4. The fourth-order valence-electron chi connectivity index (χ4n) is 2.55. The van der Waals surface area contributed by atoms with E-state index in [0.29, 0.717) is 18.8 Å². The van der Waals surface area contributed by atoms with Gasteiger partial charge in [-0.05, 0) is 30.9 Å². The summed E-state index contributed by atoms with van der Waals surface area (Å²) >= 11 is 0. The lowest BCUT2D eigenvalue weighted by atomic mass is 10.3. The van der Waals surface area contributed by atoms with Crippen LogP contribution in [0.1, 0.15) is 18.6 Å². The van der Waals surface area contributed by atoms with E-state index >= 15 is 0 Å². The summed E-state index contributed by atoms with van der Waals surface area (Å²) in [5.74, 6) is 1.34. The van der Waals surface area contributed by atoms with Crippen LogP contribution >= 0.6 is 0 Å². The first kappa shape index (κ1) is 14.1. The smallest absolute Gasteiger partial charge is 0.276 e. The SMILES string of the molecule is NCc1ccc(S(=O)(=O)N2CCN(CC3CC3)CC2)o1. The van der Waals surface area contributed by atoms with Gasteiger partial charge in [-0.1, -0.05) is 0 Å². The van der Waals surface area contributed by atoms with Gasteiger partial charge >= 0.3 is 0 Å². The summed E-state index contributed by atoms with van der Waals surface area (Å²) < 4.78 is 31.7. The van der Waals surface area contributed by atoms with Gasteiger partial charge in [0.05, 0.1) is 6.54 Å². The van der Waals surface area contributed by atoms with Crippen molar-refractivity contribution in [3.63, 3.8) is 0 Å². The first-order chi connectivity index (χ1) is 9.59. The Balaban J connectivity index is 1.63. The van der Waals surface area contributed by atoms with E-state index in [4.69, 9.17) is 10.2 Å². The average molecular weight is 299 g/mol. The highest BCUT2D eigenvalue weighted by atomic mass is 32.2. The van der Waals surface area contributed by atoms with Gasteiger partial charge in [0.25, 0.3) is 10.0 Å².